The van der Waals surface area contributed by atoms with Gasteiger partial charge in [0.05, 0.1) is 6.33 Å². The topological polar surface area (TPSA) is 89.6 Å². The van der Waals surface area contributed by atoms with Crippen LogP contribution in [0.1, 0.15) is 20.3 Å². The molecular formula is C10H15N5O. The largest absolute Gasteiger partial charge is 0.369 e. The van der Waals surface area contributed by atoms with E-state index in [0.717, 1.165) is 6.42 Å². The van der Waals surface area contributed by atoms with Gasteiger partial charge in [-0.25, -0.2) is 4.98 Å². The lowest BCUT2D eigenvalue weighted by molar-refractivity contribution is 0.462. The smallest absolute Gasteiger partial charge is 0.280 e. The zero-order chi connectivity index (χ0) is 11.7. The van der Waals surface area contributed by atoms with Crippen molar-refractivity contribution in [3.63, 3.8) is 0 Å². The van der Waals surface area contributed by atoms with Crippen molar-refractivity contribution in [3.8, 4) is 0 Å². The van der Waals surface area contributed by atoms with Gasteiger partial charge in [0.15, 0.2) is 11.2 Å². The molecule has 2 heterocycles. The second-order valence-electron chi connectivity index (χ2n) is 4.00. The number of aromatic nitrogens is 4. The van der Waals surface area contributed by atoms with Gasteiger partial charge < -0.3 is 10.7 Å². The molecule has 0 aliphatic carbocycles. The number of H-pyrrole nitrogens is 1. The molecule has 86 valence electrons. The summed E-state index contributed by atoms with van der Waals surface area (Å²) in [6, 6.07) is 0. The predicted molar refractivity (Wildman–Crippen MR) is 62.0 cm³/mol. The Morgan fingerprint density at radius 1 is 1.62 bits per heavy atom. The first-order chi connectivity index (χ1) is 7.63. The maximum atomic E-state index is 12.0. The summed E-state index contributed by atoms with van der Waals surface area (Å²) in [5.41, 5.74) is 6.39. The van der Waals surface area contributed by atoms with Crippen LogP contribution in [-0.2, 0) is 6.54 Å². The normalized spacial score (nSPS) is 13.1. The molecule has 1 unspecified atom stereocenters. The lowest BCUT2D eigenvalue weighted by atomic mass is 10.1. The molecule has 0 aliphatic rings. The number of aromatic amines is 1. The van der Waals surface area contributed by atoms with Crippen molar-refractivity contribution in [2.45, 2.75) is 26.8 Å². The molecule has 6 heteroatoms. The molecule has 0 spiro atoms. The lowest BCUT2D eigenvalue weighted by Gasteiger charge is -2.12. The van der Waals surface area contributed by atoms with Crippen LogP contribution in [0, 0.1) is 5.92 Å². The Labute approximate surface area is 92.5 Å². The summed E-state index contributed by atoms with van der Waals surface area (Å²) in [4.78, 5) is 22.8. The number of hydrogen-bond donors (Lipinski definition) is 2. The molecule has 0 bridgehead atoms. The van der Waals surface area contributed by atoms with E-state index < -0.39 is 0 Å². The van der Waals surface area contributed by atoms with E-state index >= 15 is 0 Å². The molecule has 0 aromatic carbocycles. The average molecular weight is 221 g/mol. The summed E-state index contributed by atoms with van der Waals surface area (Å²) in [5, 5.41) is 0. The predicted octanol–water partition coefficient (Wildman–Crippen LogP) is 0.748. The minimum absolute atomic E-state index is 0.152. The molecular weight excluding hydrogens is 206 g/mol. The Morgan fingerprint density at radius 2 is 2.38 bits per heavy atom. The van der Waals surface area contributed by atoms with Crippen molar-refractivity contribution in [3.05, 3.63) is 16.7 Å². The SMILES string of the molecule is CCC(C)Cn1c(N)nc2nc[nH]c2c1=O. The molecule has 0 aliphatic heterocycles. The molecule has 16 heavy (non-hydrogen) atoms. The minimum atomic E-state index is -0.152. The van der Waals surface area contributed by atoms with Crippen molar-refractivity contribution < 1.29 is 0 Å². The number of nitrogens with one attached hydrogen (secondary N) is 1. The van der Waals surface area contributed by atoms with Gasteiger partial charge in [0.2, 0.25) is 5.95 Å². The molecule has 0 saturated heterocycles. The van der Waals surface area contributed by atoms with Gasteiger partial charge in [-0.2, -0.15) is 4.98 Å². The highest BCUT2D eigenvalue weighted by Gasteiger charge is 2.12. The molecule has 0 saturated carbocycles. The molecule has 2 aromatic rings. The van der Waals surface area contributed by atoms with Gasteiger partial charge in [-0.3, -0.25) is 9.36 Å². The second kappa shape index (κ2) is 3.96. The number of nitrogens with two attached hydrogens (primary N) is 1. The van der Waals surface area contributed by atoms with E-state index in [1.807, 2.05) is 0 Å². The molecule has 6 nitrogen and oxygen atoms in total. The van der Waals surface area contributed by atoms with Crippen LogP contribution < -0.4 is 11.3 Å². The Kier molecular flexibility index (Phi) is 2.64. The number of imidazole rings is 1. The van der Waals surface area contributed by atoms with Gasteiger partial charge in [0, 0.05) is 6.54 Å². The van der Waals surface area contributed by atoms with E-state index in [1.165, 1.54) is 10.9 Å². The number of nitrogens with zero attached hydrogens (tertiary/aromatic N) is 3. The summed E-state index contributed by atoms with van der Waals surface area (Å²) in [6.45, 7) is 4.74. The quantitative estimate of drug-likeness (QED) is 0.800. The number of nitrogen functional groups attached to an aromatic ring is 1. The maximum Gasteiger partial charge on any atom is 0.280 e. The Balaban J connectivity index is 2.55. The number of hydrogen-bond acceptors (Lipinski definition) is 4. The van der Waals surface area contributed by atoms with Gasteiger partial charge in [0.25, 0.3) is 5.56 Å². The summed E-state index contributed by atoms with van der Waals surface area (Å²) >= 11 is 0. The second-order valence-corrected chi connectivity index (χ2v) is 4.00. The third-order valence-electron chi connectivity index (χ3n) is 2.77. The molecule has 0 radical (unpaired) electrons. The molecule has 2 aromatic heterocycles. The Hall–Kier alpha value is -1.85. The molecule has 0 amide bonds. The van der Waals surface area contributed by atoms with Crippen molar-refractivity contribution in [2.75, 3.05) is 5.73 Å². The highest BCUT2D eigenvalue weighted by atomic mass is 16.1. The van der Waals surface area contributed by atoms with Gasteiger partial charge in [-0.05, 0) is 5.92 Å². The van der Waals surface area contributed by atoms with E-state index in [2.05, 4.69) is 28.8 Å². The average Bonchev–Trinajstić information content (AvgIpc) is 2.71. The van der Waals surface area contributed by atoms with Crippen molar-refractivity contribution in [1.82, 2.24) is 19.5 Å². The van der Waals surface area contributed by atoms with Crippen LogP contribution in [0.15, 0.2) is 11.1 Å². The molecule has 0 fully saturated rings. The number of fused-ring (bicyclic) bond motifs is 1. The summed E-state index contributed by atoms with van der Waals surface area (Å²) in [7, 11) is 0. The van der Waals surface area contributed by atoms with E-state index in [4.69, 9.17) is 5.73 Å². The Bertz CT molecular complexity index is 556. The standard InChI is InChI=1S/C10H15N5O/c1-3-6(2)4-15-9(16)7-8(13-5-12-7)14-10(15)11/h5-6H,3-4H2,1-2H3,(H2,11,14)(H,12,13). The summed E-state index contributed by atoms with van der Waals surface area (Å²) in [5.74, 6) is 0.618. The van der Waals surface area contributed by atoms with E-state index in [0.29, 0.717) is 23.6 Å². The minimum Gasteiger partial charge on any atom is -0.369 e. The fraction of sp³-hybridized carbons (Fsp3) is 0.500. The first-order valence-electron chi connectivity index (χ1n) is 5.32. The van der Waals surface area contributed by atoms with Crippen molar-refractivity contribution in [2.24, 2.45) is 5.92 Å². The van der Waals surface area contributed by atoms with Crippen LogP contribution in [0.25, 0.3) is 11.2 Å². The first kappa shape index (κ1) is 10.7. The van der Waals surface area contributed by atoms with Crippen LogP contribution in [0.4, 0.5) is 5.95 Å². The van der Waals surface area contributed by atoms with E-state index in [1.54, 1.807) is 0 Å². The zero-order valence-corrected chi connectivity index (χ0v) is 9.40. The highest BCUT2D eigenvalue weighted by molar-refractivity contribution is 5.69. The third-order valence-corrected chi connectivity index (χ3v) is 2.77. The lowest BCUT2D eigenvalue weighted by Crippen LogP contribution is -2.27. The Morgan fingerprint density at radius 3 is 3.06 bits per heavy atom. The first-order valence-corrected chi connectivity index (χ1v) is 5.32. The van der Waals surface area contributed by atoms with Crippen LogP contribution >= 0.6 is 0 Å². The zero-order valence-electron chi connectivity index (χ0n) is 9.40. The van der Waals surface area contributed by atoms with Gasteiger partial charge in [-0.15, -0.1) is 0 Å². The molecule has 2 rings (SSSR count). The fourth-order valence-corrected chi connectivity index (χ4v) is 1.55. The van der Waals surface area contributed by atoms with Gasteiger partial charge in [-0.1, -0.05) is 20.3 Å². The maximum absolute atomic E-state index is 12.0. The van der Waals surface area contributed by atoms with Crippen LogP contribution in [0.2, 0.25) is 0 Å². The highest BCUT2D eigenvalue weighted by Crippen LogP contribution is 2.08. The number of anilines is 1. The van der Waals surface area contributed by atoms with Gasteiger partial charge >= 0.3 is 0 Å². The van der Waals surface area contributed by atoms with Crippen LogP contribution in [-0.4, -0.2) is 19.5 Å². The van der Waals surface area contributed by atoms with Crippen molar-refractivity contribution in [1.29, 1.82) is 0 Å². The fourth-order valence-electron chi connectivity index (χ4n) is 1.55. The third kappa shape index (κ3) is 1.66. The van der Waals surface area contributed by atoms with Crippen molar-refractivity contribution >= 4 is 17.1 Å². The number of rotatable bonds is 3. The van der Waals surface area contributed by atoms with Crippen LogP contribution in [0.3, 0.4) is 0 Å². The van der Waals surface area contributed by atoms with E-state index in [-0.39, 0.29) is 11.5 Å². The monoisotopic (exact) mass is 221 g/mol. The summed E-state index contributed by atoms with van der Waals surface area (Å²) < 4.78 is 1.49. The van der Waals surface area contributed by atoms with Gasteiger partial charge in [0.1, 0.15) is 0 Å². The van der Waals surface area contributed by atoms with E-state index in [9.17, 15) is 4.79 Å². The molecule has 1 atom stereocenters. The molecule has 3 N–H and O–H groups in total. The summed E-state index contributed by atoms with van der Waals surface area (Å²) in [6.07, 6.45) is 2.44. The van der Waals surface area contributed by atoms with Crippen LogP contribution in [0.5, 0.6) is 0 Å².